The van der Waals surface area contributed by atoms with E-state index in [2.05, 4.69) is 22.5 Å². The van der Waals surface area contributed by atoms with E-state index in [4.69, 9.17) is 5.11 Å². The molecule has 3 N–H and O–H groups in total. The Hall–Kier alpha value is -2.39. The van der Waals surface area contributed by atoms with E-state index < -0.39 is 11.7 Å². The molecule has 0 fully saturated rings. The van der Waals surface area contributed by atoms with Crippen molar-refractivity contribution in [3.63, 3.8) is 0 Å². The quantitative estimate of drug-likeness (QED) is 0.680. The molecule has 1 rings (SSSR count). The zero-order chi connectivity index (χ0) is 15.0. The number of amides is 2. The lowest BCUT2D eigenvalue weighted by Gasteiger charge is -2.06. The van der Waals surface area contributed by atoms with Crippen molar-refractivity contribution in [1.29, 1.82) is 0 Å². The molecule has 0 aliphatic carbocycles. The number of carbonyl (C=O) groups excluding carboxylic acids is 2. The van der Waals surface area contributed by atoms with E-state index in [1.54, 1.807) is 6.92 Å². The Morgan fingerprint density at radius 3 is 2.70 bits per heavy atom. The van der Waals surface area contributed by atoms with Crippen LogP contribution in [0.1, 0.15) is 22.8 Å². The first kappa shape index (κ1) is 15.7. The Bertz CT molecular complexity index is 561. The van der Waals surface area contributed by atoms with Crippen molar-refractivity contribution in [2.24, 2.45) is 0 Å². The van der Waals surface area contributed by atoms with E-state index in [-0.39, 0.29) is 30.2 Å². The number of likely N-dealkylation sites (N-methyl/N-ethyl adjacent to an activating group) is 1. The van der Waals surface area contributed by atoms with Gasteiger partial charge in [0.25, 0.3) is 5.91 Å². The number of aliphatic hydroxyl groups is 1. The van der Waals surface area contributed by atoms with Crippen LogP contribution < -0.4 is 10.6 Å². The Morgan fingerprint density at radius 2 is 2.10 bits per heavy atom. The first-order valence-electron chi connectivity index (χ1n) is 6.02. The smallest absolute Gasteiger partial charge is 0.251 e. The standard InChI is InChI=1S/C14H15FN2O3/c1-2-16-13(19)9-17-14(20)11-6-5-10(4-3-7-18)12(15)8-11/h5-6,8,18H,2,7,9H2,1H3,(H,16,19)(H,17,20). The van der Waals surface area contributed by atoms with Gasteiger partial charge in [-0.05, 0) is 25.1 Å². The van der Waals surface area contributed by atoms with Crippen molar-refractivity contribution in [2.45, 2.75) is 6.92 Å². The van der Waals surface area contributed by atoms with Crippen LogP contribution in [0.15, 0.2) is 18.2 Å². The highest BCUT2D eigenvalue weighted by Crippen LogP contribution is 2.09. The molecule has 0 atom stereocenters. The number of hydrogen-bond donors (Lipinski definition) is 3. The van der Waals surface area contributed by atoms with Gasteiger partial charge in [-0.1, -0.05) is 11.8 Å². The predicted octanol–water partition coefficient (Wildman–Crippen LogP) is 0.0354. The lowest BCUT2D eigenvalue weighted by molar-refractivity contribution is -0.120. The summed E-state index contributed by atoms with van der Waals surface area (Å²) in [4.78, 5) is 22.9. The van der Waals surface area contributed by atoms with Crippen LogP contribution in [0.2, 0.25) is 0 Å². The van der Waals surface area contributed by atoms with Crippen LogP contribution in [0, 0.1) is 17.7 Å². The third kappa shape index (κ3) is 4.71. The third-order valence-electron chi connectivity index (χ3n) is 2.32. The van der Waals surface area contributed by atoms with Gasteiger partial charge in [-0.25, -0.2) is 4.39 Å². The number of aliphatic hydroxyl groups excluding tert-OH is 1. The molecule has 0 unspecified atom stereocenters. The highest BCUT2D eigenvalue weighted by molar-refractivity contribution is 5.96. The first-order chi connectivity index (χ1) is 9.58. The molecule has 0 aromatic heterocycles. The number of rotatable bonds is 4. The zero-order valence-electron chi connectivity index (χ0n) is 11.0. The Labute approximate surface area is 116 Å². The van der Waals surface area contributed by atoms with Crippen LogP contribution >= 0.6 is 0 Å². The average Bonchev–Trinajstić information content (AvgIpc) is 2.43. The SMILES string of the molecule is CCNC(=O)CNC(=O)c1ccc(C#CCO)c(F)c1. The van der Waals surface area contributed by atoms with Crippen LogP contribution in [0.3, 0.4) is 0 Å². The number of benzene rings is 1. The molecule has 1 aromatic rings. The normalized spacial score (nSPS) is 9.35. The van der Waals surface area contributed by atoms with Crippen molar-refractivity contribution >= 4 is 11.8 Å². The second-order valence-electron chi connectivity index (χ2n) is 3.79. The molecule has 0 saturated carbocycles. The molecule has 5 nitrogen and oxygen atoms in total. The highest BCUT2D eigenvalue weighted by atomic mass is 19.1. The Balaban J connectivity index is 2.70. The van der Waals surface area contributed by atoms with Crippen LogP contribution in [-0.2, 0) is 4.79 Å². The molecule has 0 aliphatic heterocycles. The molecule has 0 spiro atoms. The molecule has 0 aliphatic rings. The molecule has 1 aromatic carbocycles. The van der Waals surface area contributed by atoms with Gasteiger partial charge >= 0.3 is 0 Å². The van der Waals surface area contributed by atoms with Gasteiger partial charge in [0.2, 0.25) is 5.91 Å². The molecular weight excluding hydrogens is 263 g/mol. The van der Waals surface area contributed by atoms with E-state index in [1.165, 1.54) is 12.1 Å². The molecule has 2 amide bonds. The number of hydrogen-bond acceptors (Lipinski definition) is 3. The van der Waals surface area contributed by atoms with Gasteiger partial charge in [-0.15, -0.1) is 0 Å². The summed E-state index contributed by atoms with van der Waals surface area (Å²) in [7, 11) is 0. The molecular formula is C14H15FN2O3. The number of carbonyl (C=O) groups is 2. The topological polar surface area (TPSA) is 78.4 Å². The van der Waals surface area contributed by atoms with Gasteiger partial charge in [0.15, 0.2) is 0 Å². The summed E-state index contributed by atoms with van der Waals surface area (Å²) < 4.78 is 13.6. The molecule has 0 radical (unpaired) electrons. The summed E-state index contributed by atoms with van der Waals surface area (Å²) in [5.74, 6) is 3.23. The monoisotopic (exact) mass is 278 g/mol. The maximum Gasteiger partial charge on any atom is 0.251 e. The summed E-state index contributed by atoms with van der Waals surface area (Å²) in [6.07, 6.45) is 0. The van der Waals surface area contributed by atoms with Gasteiger partial charge in [-0.3, -0.25) is 9.59 Å². The molecule has 106 valence electrons. The predicted molar refractivity (Wildman–Crippen MR) is 71.4 cm³/mol. The van der Waals surface area contributed by atoms with Gasteiger partial charge in [0, 0.05) is 12.1 Å². The minimum Gasteiger partial charge on any atom is -0.384 e. The van der Waals surface area contributed by atoms with Crippen LogP contribution in [0.25, 0.3) is 0 Å². The van der Waals surface area contributed by atoms with Gasteiger partial charge in [0.1, 0.15) is 12.4 Å². The fourth-order valence-corrected chi connectivity index (χ4v) is 1.41. The summed E-state index contributed by atoms with van der Waals surface area (Å²) >= 11 is 0. The second kappa shape index (κ2) is 7.92. The van der Waals surface area contributed by atoms with E-state index in [0.29, 0.717) is 6.54 Å². The zero-order valence-corrected chi connectivity index (χ0v) is 11.0. The Kier molecular flexibility index (Phi) is 6.20. The fourth-order valence-electron chi connectivity index (χ4n) is 1.41. The largest absolute Gasteiger partial charge is 0.384 e. The lowest BCUT2D eigenvalue weighted by Crippen LogP contribution is -2.36. The fraction of sp³-hybridized carbons (Fsp3) is 0.286. The van der Waals surface area contributed by atoms with Gasteiger partial charge < -0.3 is 15.7 Å². The van der Waals surface area contributed by atoms with E-state index in [1.807, 2.05) is 0 Å². The lowest BCUT2D eigenvalue weighted by atomic mass is 10.1. The van der Waals surface area contributed by atoms with E-state index in [0.717, 1.165) is 6.07 Å². The molecule has 0 bridgehead atoms. The molecule has 20 heavy (non-hydrogen) atoms. The third-order valence-corrected chi connectivity index (χ3v) is 2.32. The van der Waals surface area contributed by atoms with Gasteiger partial charge in [0.05, 0.1) is 12.1 Å². The van der Waals surface area contributed by atoms with Crippen LogP contribution in [0.5, 0.6) is 0 Å². The van der Waals surface area contributed by atoms with Crippen LogP contribution in [-0.4, -0.2) is 36.6 Å². The van der Waals surface area contributed by atoms with Crippen molar-refractivity contribution in [2.75, 3.05) is 19.7 Å². The highest BCUT2D eigenvalue weighted by Gasteiger charge is 2.10. The summed E-state index contributed by atoms with van der Waals surface area (Å²) in [5, 5.41) is 13.4. The Morgan fingerprint density at radius 1 is 1.35 bits per heavy atom. The van der Waals surface area contributed by atoms with Crippen molar-refractivity contribution in [3.05, 3.63) is 35.1 Å². The molecule has 0 saturated heterocycles. The van der Waals surface area contributed by atoms with E-state index in [9.17, 15) is 14.0 Å². The number of halogens is 1. The minimum absolute atomic E-state index is 0.0966. The first-order valence-corrected chi connectivity index (χ1v) is 6.02. The number of nitrogens with one attached hydrogen (secondary N) is 2. The van der Waals surface area contributed by atoms with Gasteiger partial charge in [-0.2, -0.15) is 0 Å². The van der Waals surface area contributed by atoms with Crippen molar-refractivity contribution in [3.8, 4) is 11.8 Å². The van der Waals surface area contributed by atoms with Crippen LogP contribution in [0.4, 0.5) is 4.39 Å². The minimum atomic E-state index is -0.656. The maximum atomic E-state index is 13.6. The second-order valence-corrected chi connectivity index (χ2v) is 3.79. The average molecular weight is 278 g/mol. The summed E-state index contributed by atoms with van der Waals surface area (Å²) in [6, 6.07) is 3.78. The molecule has 0 heterocycles. The van der Waals surface area contributed by atoms with Crippen molar-refractivity contribution < 1.29 is 19.1 Å². The van der Waals surface area contributed by atoms with Crippen molar-refractivity contribution in [1.82, 2.24) is 10.6 Å². The maximum absolute atomic E-state index is 13.6. The summed E-state index contributed by atoms with van der Waals surface area (Å²) in [6.45, 7) is 1.71. The molecule has 6 heteroatoms. The van der Waals surface area contributed by atoms with E-state index >= 15 is 0 Å². The summed E-state index contributed by atoms with van der Waals surface area (Å²) in [5.41, 5.74) is 0.195.